The lowest BCUT2D eigenvalue weighted by Gasteiger charge is -2.31. The molecule has 0 aliphatic heterocycles. The first-order valence-corrected chi connectivity index (χ1v) is 11.3. The van der Waals surface area contributed by atoms with Crippen LogP contribution in [0.25, 0.3) is 0 Å². The van der Waals surface area contributed by atoms with E-state index in [9.17, 15) is 14.7 Å². The van der Waals surface area contributed by atoms with Crippen LogP contribution >= 0.6 is 0 Å². The lowest BCUT2D eigenvalue weighted by molar-refractivity contribution is -0.137. The van der Waals surface area contributed by atoms with Crippen LogP contribution in [0.5, 0.6) is 0 Å². The van der Waals surface area contributed by atoms with Gasteiger partial charge in [-0.3, -0.25) is 9.59 Å². The first-order valence-electron chi connectivity index (χ1n) is 11.3. The summed E-state index contributed by atoms with van der Waals surface area (Å²) < 4.78 is 5.27. The Bertz CT molecular complexity index is 893. The predicted molar refractivity (Wildman–Crippen MR) is 130 cm³/mol. The molecule has 1 atom stereocenters. The van der Waals surface area contributed by atoms with Crippen molar-refractivity contribution in [1.82, 2.24) is 9.97 Å². The van der Waals surface area contributed by atoms with Crippen LogP contribution in [0.2, 0.25) is 0 Å². The maximum absolute atomic E-state index is 12.9. The minimum Gasteiger partial charge on any atom is -0.481 e. The summed E-state index contributed by atoms with van der Waals surface area (Å²) in [4.78, 5) is 34.5. The monoisotopic (exact) mass is 456 g/mol. The van der Waals surface area contributed by atoms with E-state index in [1.54, 1.807) is 19.5 Å². The van der Waals surface area contributed by atoms with E-state index in [-0.39, 0.29) is 31.3 Å². The number of methoxy groups -OCH3 is 1. The third kappa shape index (κ3) is 8.81. The first-order chi connectivity index (χ1) is 15.7. The van der Waals surface area contributed by atoms with Crippen molar-refractivity contribution in [3.8, 4) is 0 Å². The molecule has 0 saturated heterocycles. The number of rotatable bonds is 13. The van der Waals surface area contributed by atoms with Crippen LogP contribution in [0.4, 0.5) is 11.4 Å². The fourth-order valence-electron chi connectivity index (χ4n) is 3.82. The van der Waals surface area contributed by atoms with Gasteiger partial charge in [-0.15, -0.1) is 0 Å². The molecular formula is C25H36N4O4. The molecule has 0 spiro atoms. The van der Waals surface area contributed by atoms with Gasteiger partial charge in [-0.2, -0.15) is 0 Å². The molecule has 0 fully saturated rings. The van der Waals surface area contributed by atoms with E-state index < -0.39 is 5.97 Å². The third-order valence-corrected chi connectivity index (χ3v) is 5.05. The molecular weight excluding hydrogens is 420 g/mol. The summed E-state index contributed by atoms with van der Waals surface area (Å²) in [5, 5.41) is 12.4. The molecule has 180 valence electrons. The smallest absolute Gasteiger partial charge is 0.304 e. The molecule has 0 radical (unpaired) electrons. The summed E-state index contributed by atoms with van der Waals surface area (Å²) in [5.41, 5.74) is 3.12. The van der Waals surface area contributed by atoms with Crippen LogP contribution in [0, 0.1) is 11.8 Å². The summed E-state index contributed by atoms with van der Waals surface area (Å²) in [6.07, 6.45) is 4.76. The number of benzene rings is 1. The Morgan fingerprint density at radius 1 is 1.09 bits per heavy atom. The number of hydrogen-bond donors (Lipinski definition) is 2. The van der Waals surface area contributed by atoms with Crippen LogP contribution in [-0.4, -0.2) is 53.8 Å². The quantitative estimate of drug-likeness (QED) is 0.470. The zero-order valence-corrected chi connectivity index (χ0v) is 20.2. The van der Waals surface area contributed by atoms with Gasteiger partial charge in [0.15, 0.2) is 0 Å². The number of carbonyl (C=O) groups excluding carboxylic acids is 1. The highest BCUT2D eigenvalue weighted by molar-refractivity contribution is 5.95. The van der Waals surface area contributed by atoms with E-state index in [1.807, 2.05) is 18.2 Å². The lowest BCUT2D eigenvalue weighted by Crippen LogP contribution is -2.32. The van der Waals surface area contributed by atoms with Crippen LogP contribution in [0.1, 0.15) is 51.2 Å². The second-order valence-electron chi connectivity index (χ2n) is 9.19. The Morgan fingerprint density at radius 3 is 2.27 bits per heavy atom. The predicted octanol–water partition coefficient (Wildman–Crippen LogP) is 3.98. The average Bonchev–Trinajstić information content (AvgIpc) is 2.72. The van der Waals surface area contributed by atoms with Gasteiger partial charge in [-0.1, -0.05) is 33.8 Å². The van der Waals surface area contributed by atoms with Crippen molar-refractivity contribution in [2.45, 2.75) is 46.5 Å². The zero-order chi connectivity index (χ0) is 24.4. The number of nitrogens with one attached hydrogen (secondary N) is 1. The number of ether oxygens (including phenoxy) is 1. The maximum atomic E-state index is 12.9. The Hall–Kier alpha value is -3.00. The summed E-state index contributed by atoms with van der Waals surface area (Å²) >= 11 is 0. The summed E-state index contributed by atoms with van der Waals surface area (Å²) in [6, 6.07) is 5.80. The van der Waals surface area contributed by atoms with Gasteiger partial charge in [0, 0.05) is 38.5 Å². The number of carbonyl (C=O) groups is 2. The Balaban J connectivity index is 2.43. The number of anilines is 2. The van der Waals surface area contributed by atoms with Gasteiger partial charge < -0.3 is 20.1 Å². The maximum Gasteiger partial charge on any atom is 0.304 e. The highest BCUT2D eigenvalue weighted by Crippen LogP contribution is 2.33. The van der Waals surface area contributed by atoms with E-state index in [4.69, 9.17) is 4.74 Å². The molecule has 0 bridgehead atoms. The Kier molecular flexibility index (Phi) is 10.3. The molecule has 0 saturated carbocycles. The minimum atomic E-state index is -0.892. The van der Waals surface area contributed by atoms with Gasteiger partial charge in [0.1, 0.15) is 6.33 Å². The van der Waals surface area contributed by atoms with Crippen molar-refractivity contribution in [3.63, 3.8) is 0 Å². The number of amides is 1. The molecule has 1 aromatic heterocycles. The first kappa shape index (κ1) is 26.3. The van der Waals surface area contributed by atoms with Gasteiger partial charge in [-0.25, -0.2) is 9.97 Å². The van der Waals surface area contributed by atoms with Crippen molar-refractivity contribution in [2.24, 2.45) is 11.8 Å². The molecule has 33 heavy (non-hydrogen) atoms. The molecule has 1 unspecified atom stereocenters. The molecule has 2 aromatic rings. The topological polar surface area (TPSA) is 105 Å². The highest BCUT2D eigenvalue weighted by Gasteiger charge is 2.21. The number of aliphatic carboxylic acids is 1. The van der Waals surface area contributed by atoms with Gasteiger partial charge in [0.25, 0.3) is 0 Å². The molecule has 1 aromatic carbocycles. The lowest BCUT2D eigenvalue weighted by atomic mass is 9.95. The molecule has 8 nitrogen and oxygen atoms in total. The number of carboxylic acid groups (broad SMARTS) is 1. The van der Waals surface area contributed by atoms with Gasteiger partial charge in [0.05, 0.1) is 30.8 Å². The van der Waals surface area contributed by atoms with Crippen LogP contribution in [-0.2, 0) is 20.7 Å². The number of hydrogen-bond acceptors (Lipinski definition) is 6. The molecule has 1 amide bonds. The summed E-state index contributed by atoms with van der Waals surface area (Å²) in [7, 11) is 1.56. The largest absolute Gasteiger partial charge is 0.481 e. The number of carboxylic acids is 1. The van der Waals surface area contributed by atoms with E-state index in [0.29, 0.717) is 17.5 Å². The Morgan fingerprint density at radius 2 is 1.73 bits per heavy atom. The van der Waals surface area contributed by atoms with Gasteiger partial charge in [-0.05, 0) is 35.1 Å². The average molecular weight is 457 g/mol. The molecule has 0 aliphatic rings. The number of nitrogens with zero attached hydrogens (tertiary/aromatic N) is 3. The van der Waals surface area contributed by atoms with Crippen molar-refractivity contribution in [2.75, 3.05) is 37.0 Å². The molecule has 8 heteroatoms. The summed E-state index contributed by atoms with van der Waals surface area (Å²) in [5.74, 6) is -0.525. The van der Waals surface area contributed by atoms with Crippen molar-refractivity contribution in [1.29, 1.82) is 0 Å². The second kappa shape index (κ2) is 12.9. The van der Waals surface area contributed by atoms with E-state index in [2.05, 4.69) is 47.9 Å². The second-order valence-corrected chi connectivity index (χ2v) is 9.19. The van der Waals surface area contributed by atoms with Crippen LogP contribution in [0.15, 0.2) is 36.9 Å². The highest BCUT2D eigenvalue weighted by atomic mass is 16.5. The molecule has 1 heterocycles. The fraction of sp³-hybridized carbons (Fsp3) is 0.520. The van der Waals surface area contributed by atoms with E-state index in [1.165, 1.54) is 6.33 Å². The fourth-order valence-corrected chi connectivity index (χ4v) is 3.82. The van der Waals surface area contributed by atoms with E-state index >= 15 is 0 Å². The van der Waals surface area contributed by atoms with E-state index in [0.717, 1.165) is 29.9 Å². The third-order valence-electron chi connectivity index (χ3n) is 5.05. The summed E-state index contributed by atoms with van der Waals surface area (Å²) in [6.45, 7) is 10.6. The minimum absolute atomic E-state index is 0.0520. The zero-order valence-electron chi connectivity index (χ0n) is 20.2. The number of aromatic nitrogens is 2. The van der Waals surface area contributed by atoms with Crippen molar-refractivity contribution < 1.29 is 19.4 Å². The molecule has 2 rings (SSSR count). The molecule has 0 aliphatic carbocycles. The standard InChI is InChI=1S/C25H36N4O4/c1-17(2)13-29(14-18(3)4)23-7-6-20(21(15-33-5)10-25(31)32)9-22(23)28-24(30)8-19-11-26-16-27-12-19/h6-7,9,11-12,16-18,21H,8,10,13-15H2,1-5H3,(H,28,30)(H,31,32). The van der Waals surface area contributed by atoms with Crippen LogP contribution in [0.3, 0.4) is 0 Å². The van der Waals surface area contributed by atoms with Gasteiger partial charge >= 0.3 is 5.97 Å². The van der Waals surface area contributed by atoms with Crippen molar-refractivity contribution >= 4 is 23.3 Å². The molecule has 2 N–H and O–H groups in total. The Labute approximate surface area is 196 Å². The van der Waals surface area contributed by atoms with Crippen molar-refractivity contribution in [3.05, 3.63) is 48.0 Å². The van der Waals surface area contributed by atoms with Gasteiger partial charge in [0.2, 0.25) is 5.91 Å². The normalized spacial score (nSPS) is 12.1. The SMILES string of the molecule is COCC(CC(=O)O)c1ccc(N(CC(C)C)CC(C)C)c(NC(=O)Cc2cncnc2)c1. The van der Waals surface area contributed by atoms with Crippen LogP contribution < -0.4 is 10.2 Å².